The molecule has 0 saturated carbocycles. The van der Waals surface area contributed by atoms with Gasteiger partial charge in [-0.05, 0) is 36.8 Å². The number of anilines is 1. The Morgan fingerprint density at radius 3 is 2.87 bits per heavy atom. The lowest BCUT2D eigenvalue weighted by molar-refractivity contribution is -0.117. The summed E-state index contributed by atoms with van der Waals surface area (Å²) in [5.41, 5.74) is 0.473. The van der Waals surface area contributed by atoms with Gasteiger partial charge < -0.3 is 14.3 Å². The average molecular weight is 423 g/mol. The molecule has 3 aromatic rings. The summed E-state index contributed by atoms with van der Waals surface area (Å²) in [6.45, 7) is 5.68. The summed E-state index contributed by atoms with van der Waals surface area (Å²) < 4.78 is 10.8. The Hall–Kier alpha value is -3.72. The second-order valence-electron chi connectivity index (χ2n) is 6.42. The van der Waals surface area contributed by atoms with E-state index in [0.717, 1.165) is 0 Å². The number of furan rings is 1. The number of nitrogens with zero attached hydrogens (tertiary/aromatic N) is 3. The zero-order valence-electron chi connectivity index (χ0n) is 15.9. The van der Waals surface area contributed by atoms with Crippen LogP contribution in [0.3, 0.4) is 0 Å². The number of carbonyl (C=O) groups is 2. The van der Waals surface area contributed by atoms with Crippen molar-refractivity contribution in [2.45, 2.75) is 13.0 Å². The largest absolute Gasteiger partial charge is 0.503 e. The van der Waals surface area contributed by atoms with Crippen LogP contribution in [0.25, 0.3) is 0 Å². The minimum absolute atomic E-state index is 0.0173. The Morgan fingerprint density at radius 1 is 1.37 bits per heavy atom. The van der Waals surface area contributed by atoms with E-state index in [1.807, 2.05) is 0 Å². The molecule has 3 heterocycles. The summed E-state index contributed by atoms with van der Waals surface area (Å²) in [5.74, 6) is -1.42. The molecule has 0 saturated heterocycles. The fourth-order valence-electron chi connectivity index (χ4n) is 3.20. The van der Waals surface area contributed by atoms with E-state index in [1.165, 1.54) is 28.6 Å². The van der Waals surface area contributed by atoms with Crippen molar-refractivity contribution in [1.29, 1.82) is 0 Å². The molecular formula is C21H17N3O5S. The molecule has 0 fully saturated rings. The second-order valence-corrected chi connectivity index (χ2v) is 7.58. The van der Waals surface area contributed by atoms with Crippen molar-refractivity contribution in [3.8, 4) is 5.75 Å². The number of Topliss-reactive ketones (excluding diaryl/α,β-unsaturated/α-hetero) is 1. The summed E-state index contributed by atoms with van der Waals surface area (Å²) in [6, 6.07) is 9.06. The number of hydrogen-bond acceptors (Lipinski definition) is 8. The van der Waals surface area contributed by atoms with Gasteiger partial charge in [-0.1, -0.05) is 36.1 Å². The van der Waals surface area contributed by atoms with Gasteiger partial charge in [0.15, 0.2) is 11.5 Å². The number of amides is 1. The van der Waals surface area contributed by atoms with Crippen LogP contribution in [0.4, 0.5) is 5.13 Å². The van der Waals surface area contributed by atoms with Gasteiger partial charge in [-0.15, -0.1) is 10.2 Å². The quantitative estimate of drug-likeness (QED) is 0.455. The van der Waals surface area contributed by atoms with Gasteiger partial charge in [-0.3, -0.25) is 14.5 Å². The van der Waals surface area contributed by atoms with Gasteiger partial charge in [0.2, 0.25) is 10.9 Å². The van der Waals surface area contributed by atoms with Crippen LogP contribution in [0.1, 0.15) is 27.2 Å². The van der Waals surface area contributed by atoms with E-state index in [9.17, 15) is 14.7 Å². The summed E-state index contributed by atoms with van der Waals surface area (Å²) in [5, 5.41) is 19.6. The van der Waals surface area contributed by atoms with Gasteiger partial charge in [-0.25, -0.2) is 0 Å². The molecule has 1 aliphatic heterocycles. The third-order valence-corrected chi connectivity index (χ3v) is 5.30. The van der Waals surface area contributed by atoms with Gasteiger partial charge in [0.25, 0.3) is 5.91 Å². The first-order valence-corrected chi connectivity index (χ1v) is 9.81. The first kappa shape index (κ1) is 19.6. The third kappa shape index (κ3) is 3.39. The Kier molecular flexibility index (Phi) is 5.20. The average Bonchev–Trinajstić information content (AvgIpc) is 3.47. The predicted octanol–water partition coefficient (Wildman–Crippen LogP) is 3.79. The number of ketones is 1. The summed E-state index contributed by atoms with van der Waals surface area (Å²) in [4.78, 5) is 27.4. The highest BCUT2D eigenvalue weighted by molar-refractivity contribution is 7.15. The topological polar surface area (TPSA) is 106 Å². The van der Waals surface area contributed by atoms with Gasteiger partial charge in [0, 0.05) is 0 Å². The number of aryl methyl sites for hydroxylation is 1. The molecule has 2 aromatic heterocycles. The maximum absolute atomic E-state index is 13.1. The molecule has 1 aromatic carbocycles. The molecule has 1 amide bonds. The molecule has 30 heavy (non-hydrogen) atoms. The zero-order chi connectivity index (χ0) is 21.3. The van der Waals surface area contributed by atoms with Crippen LogP contribution >= 0.6 is 11.3 Å². The third-order valence-electron chi connectivity index (χ3n) is 4.46. The first-order chi connectivity index (χ1) is 14.5. The molecule has 1 N–H and O–H groups in total. The molecule has 4 rings (SSSR count). The normalized spacial score (nSPS) is 16.2. The monoisotopic (exact) mass is 423 g/mol. The van der Waals surface area contributed by atoms with Crippen LogP contribution in [-0.2, 0) is 4.79 Å². The lowest BCUT2D eigenvalue weighted by Gasteiger charge is -2.24. The molecule has 9 heteroatoms. The van der Waals surface area contributed by atoms with Crippen LogP contribution in [0, 0.1) is 6.92 Å². The Labute approximate surface area is 175 Å². The number of hydrogen-bond donors (Lipinski definition) is 1. The van der Waals surface area contributed by atoms with E-state index in [2.05, 4.69) is 16.8 Å². The molecule has 0 bridgehead atoms. The zero-order valence-corrected chi connectivity index (χ0v) is 16.8. The second kappa shape index (κ2) is 7.96. The summed E-state index contributed by atoms with van der Waals surface area (Å²) in [7, 11) is 0. The fourth-order valence-corrected chi connectivity index (χ4v) is 3.92. The highest BCUT2D eigenvalue weighted by Gasteiger charge is 2.46. The number of carbonyl (C=O) groups excluding carboxylic acids is 2. The minimum Gasteiger partial charge on any atom is -0.503 e. The molecule has 0 aliphatic carbocycles. The maximum Gasteiger partial charge on any atom is 0.296 e. The van der Waals surface area contributed by atoms with Crippen LogP contribution in [-0.4, -0.2) is 33.6 Å². The van der Waals surface area contributed by atoms with Crippen molar-refractivity contribution in [1.82, 2.24) is 10.2 Å². The number of benzene rings is 1. The molecule has 152 valence electrons. The predicted molar refractivity (Wildman–Crippen MR) is 110 cm³/mol. The Bertz CT molecular complexity index is 1150. The molecule has 1 atom stereocenters. The van der Waals surface area contributed by atoms with Crippen molar-refractivity contribution in [3.05, 3.63) is 83.0 Å². The molecule has 0 spiro atoms. The lowest BCUT2D eigenvalue weighted by atomic mass is 9.95. The van der Waals surface area contributed by atoms with E-state index in [1.54, 1.807) is 43.3 Å². The SMILES string of the molecule is C=CCOc1cccc([C@H]2C(C(=O)c3ccco3)=C(O)C(=O)N2c2nnc(C)s2)c1. The van der Waals surface area contributed by atoms with Crippen molar-refractivity contribution in [2.75, 3.05) is 11.5 Å². The lowest BCUT2D eigenvalue weighted by Crippen LogP contribution is -2.31. The van der Waals surface area contributed by atoms with E-state index >= 15 is 0 Å². The fraction of sp³-hybridized carbons (Fsp3) is 0.143. The van der Waals surface area contributed by atoms with E-state index in [-0.39, 0.29) is 16.5 Å². The van der Waals surface area contributed by atoms with Crippen molar-refractivity contribution in [3.63, 3.8) is 0 Å². The Morgan fingerprint density at radius 2 is 2.20 bits per heavy atom. The van der Waals surface area contributed by atoms with Gasteiger partial charge in [0.05, 0.1) is 17.9 Å². The van der Waals surface area contributed by atoms with Crippen molar-refractivity contribution < 1.29 is 23.8 Å². The van der Waals surface area contributed by atoms with E-state index in [0.29, 0.717) is 22.9 Å². The van der Waals surface area contributed by atoms with Crippen LogP contribution < -0.4 is 9.64 Å². The highest BCUT2D eigenvalue weighted by Crippen LogP contribution is 2.43. The van der Waals surface area contributed by atoms with Gasteiger partial charge in [0.1, 0.15) is 17.4 Å². The molecule has 0 unspecified atom stereocenters. The van der Waals surface area contributed by atoms with Gasteiger partial charge in [-0.2, -0.15) is 0 Å². The van der Waals surface area contributed by atoms with Crippen LogP contribution in [0.5, 0.6) is 5.75 Å². The smallest absolute Gasteiger partial charge is 0.296 e. The van der Waals surface area contributed by atoms with E-state index in [4.69, 9.17) is 9.15 Å². The number of aliphatic hydroxyl groups is 1. The first-order valence-electron chi connectivity index (χ1n) is 9.00. The van der Waals surface area contributed by atoms with Gasteiger partial charge >= 0.3 is 0 Å². The van der Waals surface area contributed by atoms with E-state index < -0.39 is 23.5 Å². The van der Waals surface area contributed by atoms with Crippen molar-refractivity contribution in [2.24, 2.45) is 0 Å². The van der Waals surface area contributed by atoms with Crippen LogP contribution in [0.15, 0.2) is 71.1 Å². The Balaban J connectivity index is 1.84. The molecule has 0 radical (unpaired) electrons. The number of aliphatic hydroxyl groups excluding tert-OH is 1. The number of ether oxygens (including phenoxy) is 1. The molecule has 8 nitrogen and oxygen atoms in total. The van der Waals surface area contributed by atoms with Crippen LogP contribution in [0.2, 0.25) is 0 Å². The number of aromatic nitrogens is 2. The summed E-state index contributed by atoms with van der Waals surface area (Å²) >= 11 is 1.18. The molecular weight excluding hydrogens is 406 g/mol. The number of rotatable bonds is 7. The maximum atomic E-state index is 13.1. The minimum atomic E-state index is -0.922. The standard InChI is InChI=1S/C21H17N3O5S/c1-3-9-28-14-7-4-6-13(11-14)17-16(18(25)15-8-5-10-29-15)19(26)20(27)24(17)21-23-22-12(2)30-21/h3-8,10-11,17,26H,1,9H2,2H3/t17-/m0/s1. The molecule has 1 aliphatic rings. The summed E-state index contributed by atoms with van der Waals surface area (Å²) in [6.07, 6.45) is 2.96. The highest BCUT2D eigenvalue weighted by atomic mass is 32.1. The van der Waals surface area contributed by atoms with Crippen molar-refractivity contribution >= 4 is 28.2 Å².